The number of benzene rings is 1. The molecule has 1 aromatic rings. The van der Waals surface area contributed by atoms with E-state index in [2.05, 4.69) is 0 Å². The summed E-state index contributed by atoms with van der Waals surface area (Å²) in [5, 5.41) is 0. The Balaban J connectivity index is 2.42. The summed E-state index contributed by atoms with van der Waals surface area (Å²) >= 11 is 0. The molecule has 96 valence electrons. The summed E-state index contributed by atoms with van der Waals surface area (Å²) in [6.07, 6.45) is 3.44. The van der Waals surface area contributed by atoms with Crippen LogP contribution in [0.4, 0.5) is 0 Å². The second kappa shape index (κ2) is 4.92. The third-order valence-corrected chi connectivity index (χ3v) is 3.68. The number of carbonyl (C=O) groups excluding carboxylic acids is 2. The van der Waals surface area contributed by atoms with E-state index in [1.165, 1.54) is 6.92 Å². The molecule has 0 radical (unpaired) electrons. The van der Waals surface area contributed by atoms with E-state index in [4.69, 9.17) is 4.74 Å². The Bertz CT molecular complexity index is 478. The van der Waals surface area contributed by atoms with Gasteiger partial charge in [-0.05, 0) is 25.8 Å². The van der Waals surface area contributed by atoms with E-state index < -0.39 is 5.41 Å². The van der Waals surface area contributed by atoms with E-state index in [0.29, 0.717) is 12.2 Å². The largest absolute Gasteiger partial charge is 0.426 e. The smallest absolute Gasteiger partial charge is 0.308 e. The van der Waals surface area contributed by atoms with Crippen molar-refractivity contribution in [3.05, 3.63) is 29.8 Å². The molecule has 1 unspecified atom stereocenters. The standard InChI is InChI=1S/C15H18O3/c1-11(16)18-13-8-4-3-7-12(13)15(2)10-6-5-9-14(15)17/h3-4,7-8H,5-6,9-10H2,1-2H3. The van der Waals surface area contributed by atoms with Crippen LogP contribution in [0.25, 0.3) is 0 Å². The molecule has 0 aromatic heterocycles. The molecule has 0 bridgehead atoms. The zero-order chi connectivity index (χ0) is 13.2. The maximum Gasteiger partial charge on any atom is 0.308 e. The van der Waals surface area contributed by atoms with Gasteiger partial charge in [-0.1, -0.05) is 24.6 Å². The Morgan fingerprint density at radius 2 is 2.00 bits per heavy atom. The van der Waals surface area contributed by atoms with Gasteiger partial charge in [-0.25, -0.2) is 0 Å². The van der Waals surface area contributed by atoms with Gasteiger partial charge in [0, 0.05) is 18.9 Å². The number of hydrogen-bond acceptors (Lipinski definition) is 3. The zero-order valence-electron chi connectivity index (χ0n) is 10.9. The fourth-order valence-electron chi connectivity index (χ4n) is 2.63. The molecular formula is C15H18O3. The number of ketones is 1. The molecular weight excluding hydrogens is 228 g/mol. The average Bonchev–Trinajstić information content (AvgIpc) is 2.33. The molecule has 0 heterocycles. The van der Waals surface area contributed by atoms with Crippen LogP contribution in [0, 0.1) is 0 Å². The van der Waals surface area contributed by atoms with Gasteiger partial charge in [0.15, 0.2) is 0 Å². The minimum absolute atomic E-state index is 0.244. The van der Waals surface area contributed by atoms with Crippen molar-refractivity contribution in [1.29, 1.82) is 0 Å². The highest BCUT2D eigenvalue weighted by Crippen LogP contribution is 2.40. The minimum Gasteiger partial charge on any atom is -0.426 e. The molecule has 1 fully saturated rings. The number of Topliss-reactive ketones (excluding diaryl/α,β-unsaturated/α-hetero) is 1. The Hall–Kier alpha value is -1.64. The van der Waals surface area contributed by atoms with E-state index >= 15 is 0 Å². The minimum atomic E-state index is -0.510. The zero-order valence-corrected chi connectivity index (χ0v) is 10.9. The molecule has 0 amide bonds. The fourth-order valence-corrected chi connectivity index (χ4v) is 2.63. The lowest BCUT2D eigenvalue weighted by Gasteiger charge is -2.33. The molecule has 0 aliphatic heterocycles. The van der Waals surface area contributed by atoms with E-state index in [1.807, 2.05) is 25.1 Å². The summed E-state index contributed by atoms with van der Waals surface area (Å²) < 4.78 is 5.22. The third kappa shape index (κ3) is 2.30. The molecule has 3 heteroatoms. The summed E-state index contributed by atoms with van der Waals surface area (Å²) in [4.78, 5) is 23.3. The van der Waals surface area contributed by atoms with Crippen molar-refractivity contribution in [1.82, 2.24) is 0 Å². The first-order valence-corrected chi connectivity index (χ1v) is 6.35. The molecule has 1 aliphatic carbocycles. The number of hydrogen-bond donors (Lipinski definition) is 0. The van der Waals surface area contributed by atoms with Crippen LogP contribution in [0.2, 0.25) is 0 Å². The van der Waals surface area contributed by atoms with Crippen LogP contribution in [-0.4, -0.2) is 11.8 Å². The molecule has 1 aromatic carbocycles. The lowest BCUT2D eigenvalue weighted by atomic mass is 9.70. The lowest BCUT2D eigenvalue weighted by Crippen LogP contribution is -2.36. The third-order valence-electron chi connectivity index (χ3n) is 3.68. The van der Waals surface area contributed by atoms with Crippen LogP contribution in [-0.2, 0) is 15.0 Å². The average molecular weight is 246 g/mol. The Morgan fingerprint density at radius 1 is 1.28 bits per heavy atom. The van der Waals surface area contributed by atoms with Crippen LogP contribution in [0.15, 0.2) is 24.3 Å². The van der Waals surface area contributed by atoms with Gasteiger partial charge in [-0.2, -0.15) is 0 Å². The number of esters is 1. The van der Waals surface area contributed by atoms with E-state index in [0.717, 1.165) is 24.8 Å². The summed E-state index contributed by atoms with van der Waals surface area (Å²) in [6.45, 7) is 3.33. The first-order valence-electron chi connectivity index (χ1n) is 6.35. The normalized spacial score (nSPS) is 23.8. The SMILES string of the molecule is CC(=O)Oc1ccccc1C1(C)CCCCC1=O. The molecule has 0 spiro atoms. The summed E-state index contributed by atoms with van der Waals surface area (Å²) in [6, 6.07) is 7.35. The van der Waals surface area contributed by atoms with Crippen molar-refractivity contribution in [3.63, 3.8) is 0 Å². The van der Waals surface area contributed by atoms with Gasteiger partial charge < -0.3 is 4.74 Å². The molecule has 1 aliphatic rings. The maximum absolute atomic E-state index is 12.2. The van der Waals surface area contributed by atoms with E-state index in [-0.39, 0.29) is 11.8 Å². The molecule has 1 atom stereocenters. The molecule has 0 saturated heterocycles. The van der Waals surface area contributed by atoms with E-state index in [1.54, 1.807) is 6.07 Å². The van der Waals surface area contributed by atoms with Crippen LogP contribution >= 0.6 is 0 Å². The Kier molecular flexibility index (Phi) is 3.50. The van der Waals surface area contributed by atoms with Crippen molar-refractivity contribution >= 4 is 11.8 Å². The Labute approximate surface area is 107 Å². The van der Waals surface area contributed by atoms with Crippen LogP contribution in [0.5, 0.6) is 5.75 Å². The van der Waals surface area contributed by atoms with Crippen molar-refractivity contribution in [2.75, 3.05) is 0 Å². The number of rotatable bonds is 2. The van der Waals surface area contributed by atoms with Crippen molar-refractivity contribution in [2.24, 2.45) is 0 Å². The second-order valence-electron chi connectivity index (χ2n) is 5.05. The summed E-state index contributed by atoms with van der Waals surface area (Å²) in [5.41, 5.74) is 0.328. The molecule has 18 heavy (non-hydrogen) atoms. The number of carbonyl (C=O) groups is 2. The molecule has 0 N–H and O–H groups in total. The van der Waals surface area contributed by atoms with E-state index in [9.17, 15) is 9.59 Å². The van der Waals surface area contributed by atoms with Crippen molar-refractivity contribution < 1.29 is 14.3 Å². The van der Waals surface area contributed by atoms with Gasteiger partial charge in [0.25, 0.3) is 0 Å². The predicted octanol–water partition coefficient (Wildman–Crippen LogP) is 3.01. The number of para-hydroxylation sites is 1. The van der Waals surface area contributed by atoms with Crippen molar-refractivity contribution in [3.8, 4) is 5.75 Å². The molecule has 2 rings (SSSR count). The first-order chi connectivity index (χ1) is 8.54. The van der Waals surface area contributed by atoms with Gasteiger partial charge in [-0.3, -0.25) is 9.59 Å². The number of ether oxygens (including phenoxy) is 1. The van der Waals surface area contributed by atoms with Crippen molar-refractivity contribution in [2.45, 2.75) is 44.9 Å². The summed E-state index contributed by atoms with van der Waals surface area (Å²) in [5.74, 6) is 0.408. The molecule has 3 nitrogen and oxygen atoms in total. The summed E-state index contributed by atoms with van der Waals surface area (Å²) in [7, 11) is 0. The monoisotopic (exact) mass is 246 g/mol. The molecule has 1 saturated carbocycles. The van der Waals surface area contributed by atoms with Gasteiger partial charge >= 0.3 is 5.97 Å². The first kappa shape index (κ1) is 12.8. The van der Waals surface area contributed by atoms with Crippen LogP contribution in [0.3, 0.4) is 0 Å². The van der Waals surface area contributed by atoms with Gasteiger partial charge in [-0.15, -0.1) is 0 Å². The van der Waals surface area contributed by atoms with Gasteiger partial charge in [0.05, 0.1) is 5.41 Å². The van der Waals surface area contributed by atoms with Crippen LogP contribution < -0.4 is 4.74 Å². The predicted molar refractivity (Wildman–Crippen MR) is 68.6 cm³/mol. The van der Waals surface area contributed by atoms with Gasteiger partial charge in [0.2, 0.25) is 0 Å². The van der Waals surface area contributed by atoms with Crippen LogP contribution in [0.1, 0.15) is 45.1 Å². The highest BCUT2D eigenvalue weighted by Gasteiger charge is 2.38. The maximum atomic E-state index is 12.2. The quantitative estimate of drug-likeness (QED) is 0.595. The second-order valence-corrected chi connectivity index (χ2v) is 5.05. The van der Waals surface area contributed by atoms with Gasteiger partial charge in [0.1, 0.15) is 11.5 Å². The topological polar surface area (TPSA) is 43.4 Å². The Morgan fingerprint density at radius 3 is 2.67 bits per heavy atom. The lowest BCUT2D eigenvalue weighted by molar-refractivity contribution is -0.132. The highest BCUT2D eigenvalue weighted by molar-refractivity contribution is 5.91. The highest BCUT2D eigenvalue weighted by atomic mass is 16.5. The fraction of sp³-hybridized carbons (Fsp3) is 0.467.